The van der Waals surface area contributed by atoms with Gasteiger partial charge in [-0.3, -0.25) is 5.32 Å². The van der Waals surface area contributed by atoms with Gasteiger partial charge in [0.15, 0.2) is 0 Å². The van der Waals surface area contributed by atoms with E-state index in [1.807, 2.05) is 24.3 Å². The highest BCUT2D eigenvalue weighted by Gasteiger charge is 2.10. The van der Waals surface area contributed by atoms with Gasteiger partial charge in [0.25, 0.3) is 0 Å². The fraction of sp³-hybridized carbons (Fsp3) is 0.167. The van der Waals surface area contributed by atoms with Gasteiger partial charge in [0, 0.05) is 11.3 Å². The molecule has 134 valence electrons. The molecule has 3 aromatic rings. The topological polar surface area (TPSA) is 76.1 Å². The summed E-state index contributed by atoms with van der Waals surface area (Å²) >= 11 is 1.26. The van der Waals surface area contributed by atoms with E-state index in [1.54, 1.807) is 0 Å². The van der Waals surface area contributed by atoms with Crippen molar-refractivity contribution in [2.45, 2.75) is 13.3 Å². The molecule has 0 aliphatic carbocycles. The van der Waals surface area contributed by atoms with Crippen molar-refractivity contribution in [2.24, 2.45) is 0 Å². The molecule has 6 nitrogen and oxygen atoms in total. The Morgan fingerprint density at radius 3 is 2.50 bits per heavy atom. The summed E-state index contributed by atoms with van der Waals surface area (Å²) in [4.78, 5) is 12.0. The Morgan fingerprint density at radius 2 is 1.81 bits per heavy atom. The Kier molecular flexibility index (Phi) is 5.75. The first-order valence-electron chi connectivity index (χ1n) is 8.04. The predicted octanol–water partition coefficient (Wildman–Crippen LogP) is 4.78. The number of halogens is 1. The van der Waals surface area contributed by atoms with Gasteiger partial charge in [-0.25, -0.2) is 9.18 Å². The summed E-state index contributed by atoms with van der Waals surface area (Å²) < 4.78 is 18.4. The Bertz CT molecular complexity index is 866. The molecule has 0 atom stereocenters. The summed E-state index contributed by atoms with van der Waals surface area (Å²) in [6.45, 7) is 2.73. The Hall–Kier alpha value is -3.00. The second-order valence-corrected chi connectivity index (χ2v) is 6.35. The fourth-order valence-corrected chi connectivity index (χ4v) is 2.84. The van der Waals surface area contributed by atoms with Crippen molar-refractivity contribution in [3.63, 3.8) is 0 Å². The fourth-order valence-electron chi connectivity index (χ4n) is 2.10. The first-order chi connectivity index (χ1) is 12.6. The maximum Gasteiger partial charge on any atom is 0.325 e. The minimum absolute atomic E-state index is 0.365. The van der Waals surface area contributed by atoms with Crippen LogP contribution in [0, 0.1) is 5.82 Å². The second-order valence-electron chi connectivity index (χ2n) is 5.37. The van der Waals surface area contributed by atoms with Gasteiger partial charge < -0.3 is 10.1 Å². The van der Waals surface area contributed by atoms with Crippen LogP contribution in [0.3, 0.4) is 0 Å². The van der Waals surface area contributed by atoms with E-state index >= 15 is 0 Å². The van der Waals surface area contributed by atoms with Crippen molar-refractivity contribution in [1.29, 1.82) is 0 Å². The number of rotatable bonds is 6. The molecule has 0 spiro atoms. The van der Waals surface area contributed by atoms with Crippen molar-refractivity contribution < 1.29 is 13.9 Å². The number of aromatic nitrogens is 2. The zero-order chi connectivity index (χ0) is 18.4. The zero-order valence-corrected chi connectivity index (χ0v) is 14.8. The number of urea groups is 1. The quantitative estimate of drug-likeness (QED) is 0.653. The molecule has 0 radical (unpaired) electrons. The van der Waals surface area contributed by atoms with Crippen LogP contribution in [-0.2, 0) is 0 Å². The molecule has 0 bridgehead atoms. The summed E-state index contributed by atoms with van der Waals surface area (Å²) in [5, 5.41) is 14.3. The average molecular weight is 372 g/mol. The maximum atomic E-state index is 12.9. The van der Waals surface area contributed by atoms with Gasteiger partial charge in [-0.05, 0) is 55.0 Å². The van der Waals surface area contributed by atoms with Crippen molar-refractivity contribution in [3.8, 4) is 16.3 Å². The highest BCUT2D eigenvalue weighted by molar-refractivity contribution is 7.18. The molecule has 0 saturated carbocycles. The highest BCUT2D eigenvalue weighted by atomic mass is 32.1. The van der Waals surface area contributed by atoms with Crippen molar-refractivity contribution in [2.75, 3.05) is 17.2 Å². The zero-order valence-electron chi connectivity index (χ0n) is 14.0. The van der Waals surface area contributed by atoms with E-state index < -0.39 is 6.03 Å². The van der Waals surface area contributed by atoms with Gasteiger partial charge in [0.1, 0.15) is 16.6 Å². The SMILES string of the molecule is CCCOc1ccc(-c2nnc(NC(=O)Nc3ccc(F)cc3)s2)cc1. The molecule has 26 heavy (non-hydrogen) atoms. The minimum atomic E-state index is -0.470. The van der Waals surface area contributed by atoms with Crippen molar-refractivity contribution in [1.82, 2.24) is 10.2 Å². The molecule has 2 aromatic carbocycles. The summed E-state index contributed by atoms with van der Waals surface area (Å²) in [5.74, 6) is 0.438. The molecule has 0 aliphatic rings. The third kappa shape index (κ3) is 4.76. The van der Waals surface area contributed by atoms with Gasteiger partial charge in [-0.15, -0.1) is 10.2 Å². The lowest BCUT2D eigenvalue weighted by molar-refractivity contribution is 0.262. The number of carbonyl (C=O) groups excluding carboxylic acids is 1. The summed E-state index contributed by atoms with van der Waals surface area (Å²) in [5.41, 5.74) is 1.37. The van der Waals surface area contributed by atoms with E-state index in [2.05, 4.69) is 27.8 Å². The van der Waals surface area contributed by atoms with Gasteiger partial charge in [0.2, 0.25) is 5.13 Å². The number of nitrogens with zero attached hydrogens (tertiary/aromatic N) is 2. The monoisotopic (exact) mass is 372 g/mol. The molecule has 2 amide bonds. The normalized spacial score (nSPS) is 10.4. The average Bonchev–Trinajstić information content (AvgIpc) is 3.10. The molecule has 3 rings (SSSR count). The first-order valence-corrected chi connectivity index (χ1v) is 8.86. The van der Waals surface area contributed by atoms with E-state index in [1.165, 1.54) is 35.6 Å². The van der Waals surface area contributed by atoms with Crippen LogP contribution in [0.15, 0.2) is 48.5 Å². The Labute approximate surface area is 154 Å². The number of anilines is 2. The third-order valence-corrected chi connectivity index (χ3v) is 4.21. The van der Waals surface area contributed by atoms with Crippen LogP contribution in [0.25, 0.3) is 10.6 Å². The molecule has 0 fully saturated rings. The lowest BCUT2D eigenvalue weighted by Crippen LogP contribution is -2.19. The third-order valence-electron chi connectivity index (χ3n) is 3.32. The van der Waals surface area contributed by atoms with Crippen LogP contribution < -0.4 is 15.4 Å². The standard InChI is InChI=1S/C18H17FN4O2S/c1-2-11-25-15-9-3-12(4-10-15)16-22-23-18(26-16)21-17(24)20-14-7-5-13(19)6-8-14/h3-10H,2,11H2,1H3,(H2,20,21,23,24). The number of hydrogen-bond donors (Lipinski definition) is 2. The van der Waals surface area contributed by atoms with E-state index in [0.717, 1.165) is 17.7 Å². The molecular formula is C18H17FN4O2S. The summed E-state index contributed by atoms with van der Waals surface area (Å²) in [6, 6.07) is 12.6. The number of nitrogens with one attached hydrogen (secondary N) is 2. The lowest BCUT2D eigenvalue weighted by atomic mass is 10.2. The van der Waals surface area contributed by atoms with Gasteiger partial charge in [0.05, 0.1) is 6.61 Å². The number of benzene rings is 2. The van der Waals surface area contributed by atoms with Crippen LogP contribution in [0.2, 0.25) is 0 Å². The van der Waals surface area contributed by atoms with Crippen molar-refractivity contribution in [3.05, 3.63) is 54.3 Å². The van der Waals surface area contributed by atoms with Crippen LogP contribution in [0.1, 0.15) is 13.3 Å². The highest BCUT2D eigenvalue weighted by Crippen LogP contribution is 2.28. The minimum Gasteiger partial charge on any atom is -0.494 e. The summed E-state index contributed by atoms with van der Waals surface area (Å²) in [6.07, 6.45) is 0.952. The molecule has 8 heteroatoms. The molecular weight excluding hydrogens is 355 g/mol. The van der Waals surface area contributed by atoms with E-state index in [-0.39, 0.29) is 5.82 Å². The molecule has 2 N–H and O–H groups in total. The smallest absolute Gasteiger partial charge is 0.325 e. The van der Waals surface area contributed by atoms with E-state index in [9.17, 15) is 9.18 Å². The molecule has 0 aliphatic heterocycles. The van der Waals surface area contributed by atoms with E-state index in [0.29, 0.717) is 22.4 Å². The maximum absolute atomic E-state index is 12.9. The molecule has 1 heterocycles. The van der Waals surface area contributed by atoms with Crippen LogP contribution in [-0.4, -0.2) is 22.8 Å². The molecule has 0 saturated heterocycles. The summed E-state index contributed by atoms with van der Waals surface area (Å²) in [7, 11) is 0. The number of amides is 2. The molecule has 0 unspecified atom stereocenters. The number of carbonyl (C=O) groups is 1. The predicted molar refractivity (Wildman–Crippen MR) is 100 cm³/mol. The van der Waals surface area contributed by atoms with Gasteiger partial charge in [-0.1, -0.05) is 18.3 Å². The van der Waals surface area contributed by atoms with Gasteiger partial charge >= 0.3 is 6.03 Å². The Balaban J connectivity index is 1.60. The van der Waals surface area contributed by atoms with Crippen molar-refractivity contribution >= 4 is 28.2 Å². The van der Waals surface area contributed by atoms with Crippen LogP contribution >= 0.6 is 11.3 Å². The second kappa shape index (κ2) is 8.39. The van der Waals surface area contributed by atoms with Crippen LogP contribution in [0.4, 0.5) is 20.0 Å². The molecule has 1 aromatic heterocycles. The van der Waals surface area contributed by atoms with E-state index in [4.69, 9.17) is 4.74 Å². The van der Waals surface area contributed by atoms with Crippen LogP contribution in [0.5, 0.6) is 5.75 Å². The number of ether oxygens (including phenoxy) is 1. The Morgan fingerprint density at radius 1 is 1.08 bits per heavy atom. The lowest BCUT2D eigenvalue weighted by Gasteiger charge is -2.04. The number of hydrogen-bond acceptors (Lipinski definition) is 5. The first kappa shape index (κ1) is 17.8. The largest absolute Gasteiger partial charge is 0.494 e. The van der Waals surface area contributed by atoms with Gasteiger partial charge in [-0.2, -0.15) is 0 Å².